The van der Waals surface area contributed by atoms with Gasteiger partial charge in [0.2, 0.25) is 5.96 Å². The molecule has 13 heteroatoms. The van der Waals surface area contributed by atoms with E-state index in [1.54, 1.807) is 10.6 Å². The molecule has 136 valence electrons. The van der Waals surface area contributed by atoms with E-state index in [1.165, 1.54) is 29.7 Å². The molecule has 0 aliphatic heterocycles. The summed E-state index contributed by atoms with van der Waals surface area (Å²) in [6.45, 7) is 0. The van der Waals surface area contributed by atoms with E-state index in [0.29, 0.717) is 21.9 Å². The van der Waals surface area contributed by atoms with Gasteiger partial charge in [0.25, 0.3) is 5.69 Å². The maximum Gasteiger partial charge on any atom is 0.288 e. The first-order valence-corrected chi connectivity index (χ1v) is 8.23. The zero-order valence-electron chi connectivity index (χ0n) is 12.7. The number of guanidine groups is 1. The van der Waals surface area contributed by atoms with Crippen LogP contribution in [0.4, 0.5) is 5.69 Å². The lowest BCUT2D eigenvalue weighted by Gasteiger charge is -2.04. The van der Waals surface area contributed by atoms with Crippen LogP contribution < -0.4 is 11.5 Å². The van der Waals surface area contributed by atoms with Crippen molar-refractivity contribution < 1.29 is 4.92 Å². The predicted molar refractivity (Wildman–Crippen MR) is 106 cm³/mol. The van der Waals surface area contributed by atoms with E-state index in [1.807, 2.05) is 5.38 Å². The van der Waals surface area contributed by atoms with Crippen molar-refractivity contribution in [2.45, 2.75) is 0 Å². The minimum atomic E-state index is -0.590. The Kier molecular flexibility index (Phi) is 6.03. The van der Waals surface area contributed by atoms with Crippen LogP contribution in [-0.4, -0.2) is 26.5 Å². The second-order valence-electron chi connectivity index (χ2n) is 4.71. The lowest BCUT2D eigenvalue weighted by atomic mass is 10.1. The highest BCUT2D eigenvalue weighted by Gasteiger charge is 2.22. The number of aromatic nitrogens is 2. The van der Waals surface area contributed by atoms with Crippen molar-refractivity contribution in [3.63, 3.8) is 0 Å². The first-order chi connectivity index (χ1) is 11.9. The third-order valence-corrected chi connectivity index (χ3v) is 4.51. The largest absolute Gasteiger partial charge is 0.369 e. The average molecular weight is 435 g/mol. The maximum absolute atomic E-state index is 11.2. The molecule has 0 saturated carbocycles. The van der Waals surface area contributed by atoms with Crippen molar-refractivity contribution in [1.82, 2.24) is 9.38 Å². The molecule has 4 N–H and O–H groups in total. The van der Waals surface area contributed by atoms with Crippen LogP contribution in [0.15, 0.2) is 33.9 Å². The van der Waals surface area contributed by atoms with Gasteiger partial charge in [-0.15, -0.1) is 28.8 Å². The maximum atomic E-state index is 11.2. The lowest BCUT2D eigenvalue weighted by molar-refractivity contribution is -0.384. The van der Waals surface area contributed by atoms with Gasteiger partial charge in [-0.25, -0.2) is 4.98 Å². The van der Waals surface area contributed by atoms with Crippen LogP contribution in [0.1, 0.15) is 5.69 Å². The fourth-order valence-corrected chi connectivity index (χ4v) is 3.40. The molecule has 3 rings (SSSR count). The Morgan fingerprint density at radius 2 is 2.08 bits per heavy atom. The summed E-state index contributed by atoms with van der Waals surface area (Å²) in [7, 11) is 0. The Labute approximate surface area is 166 Å². The molecule has 2 heterocycles. The van der Waals surface area contributed by atoms with Gasteiger partial charge in [0.1, 0.15) is 10.7 Å². The Hall–Kier alpha value is -2.40. The van der Waals surface area contributed by atoms with E-state index in [2.05, 4.69) is 15.2 Å². The molecular formula is C13H10Cl3N7O2S. The van der Waals surface area contributed by atoms with Gasteiger partial charge in [-0.1, -0.05) is 23.2 Å². The third-order valence-electron chi connectivity index (χ3n) is 3.14. The van der Waals surface area contributed by atoms with Crippen LogP contribution in [-0.2, 0) is 0 Å². The number of imidazole rings is 1. The molecule has 9 nitrogen and oxygen atoms in total. The molecule has 0 atom stereocenters. The fourth-order valence-electron chi connectivity index (χ4n) is 2.13. The van der Waals surface area contributed by atoms with Crippen molar-refractivity contribution in [2.75, 3.05) is 0 Å². The highest BCUT2D eigenvalue weighted by atomic mass is 35.5. The van der Waals surface area contributed by atoms with Crippen molar-refractivity contribution in [2.24, 2.45) is 21.7 Å². The molecule has 0 bridgehead atoms. The van der Waals surface area contributed by atoms with E-state index < -0.39 is 4.92 Å². The molecule has 0 radical (unpaired) electrons. The molecule has 2 aromatic heterocycles. The SMILES string of the molecule is Cl.NC(N)=N/N=C/c1c(-c2cc([N+](=O)[O-])c(Cl)cc2Cl)nc2sccn12. The van der Waals surface area contributed by atoms with Crippen LogP contribution in [0, 0.1) is 10.1 Å². The quantitative estimate of drug-likeness (QED) is 0.281. The van der Waals surface area contributed by atoms with Crippen LogP contribution >= 0.6 is 46.9 Å². The molecule has 0 aliphatic carbocycles. The van der Waals surface area contributed by atoms with E-state index in [4.69, 9.17) is 34.7 Å². The summed E-state index contributed by atoms with van der Waals surface area (Å²) in [5.41, 5.74) is 11.5. The summed E-state index contributed by atoms with van der Waals surface area (Å²) in [5.74, 6) is -0.205. The van der Waals surface area contributed by atoms with E-state index in [0.717, 1.165) is 0 Å². The molecule has 0 fully saturated rings. The zero-order valence-corrected chi connectivity index (χ0v) is 15.8. The number of hydrogen-bond donors (Lipinski definition) is 2. The summed E-state index contributed by atoms with van der Waals surface area (Å²) in [6, 6.07) is 2.58. The second-order valence-corrected chi connectivity index (χ2v) is 6.40. The molecule has 1 aromatic carbocycles. The van der Waals surface area contributed by atoms with Crippen LogP contribution in [0.25, 0.3) is 16.2 Å². The minimum absolute atomic E-state index is 0. The highest BCUT2D eigenvalue weighted by Crippen LogP contribution is 2.37. The number of thiazole rings is 1. The van der Waals surface area contributed by atoms with Gasteiger partial charge in [-0.05, 0) is 6.07 Å². The van der Waals surface area contributed by atoms with E-state index in [-0.39, 0.29) is 34.1 Å². The summed E-state index contributed by atoms with van der Waals surface area (Å²) in [4.78, 5) is 15.7. The normalized spacial score (nSPS) is 10.8. The number of nitro benzene ring substituents is 1. The predicted octanol–water partition coefficient (Wildman–Crippen LogP) is 3.31. The highest BCUT2D eigenvalue weighted by molar-refractivity contribution is 7.15. The number of hydrogen-bond acceptors (Lipinski definition) is 6. The van der Waals surface area contributed by atoms with Crippen molar-refractivity contribution in [3.8, 4) is 11.3 Å². The lowest BCUT2D eigenvalue weighted by Crippen LogP contribution is -2.21. The minimum Gasteiger partial charge on any atom is -0.369 e. The molecular weight excluding hydrogens is 425 g/mol. The number of nitrogens with zero attached hydrogens (tertiary/aromatic N) is 5. The molecule has 0 spiro atoms. The Morgan fingerprint density at radius 1 is 1.35 bits per heavy atom. The Morgan fingerprint density at radius 3 is 2.73 bits per heavy atom. The van der Waals surface area contributed by atoms with E-state index in [9.17, 15) is 10.1 Å². The molecule has 26 heavy (non-hydrogen) atoms. The van der Waals surface area contributed by atoms with Crippen molar-refractivity contribution in [1.29, 1.82) is 0 Å². The van der Waals surface area contributed by atoms with Gasteiger partial charge >= 0.3 is 0 Å². The first-order valence-electron chi connectivity index (χ1n) is 6.60. The molecule has 0 unspecified atom stereocenters. The molecule has 0 aliphatic rings. The van der Waals surface area contributed by atoms with Gasteiger partial charge < -0.3 is 11.5 Å². The standard InChI is InChI=1S/C13H9Cl2N7O2S.ClH/c14-7-4-8(15)9(22(23)24)3-6(7)11-10(5-18-20-12(16)17)21-1-2-25-13(21)19-11;/h1-5H,(H4,16,17,20);1H/b18-5+;. The fraction of sp³-hybridized carbons (Fsp3) is 0. The Balaban J connectivity index is 0.00000243. The van der Waals surface area contributed by atoms with Crippen LogP contribution in [0.5, 0.6) is 0 Å². The van der Waals surface area contributed by atoms with Gasteiger partial charge in [-0.2, -0.15) is 5.10 Å². The smallest absolute Gasteiger partial charge is 0.288 e. The van der Waals surface area contributed by atoms with Gasteiger partial charge in [0.15, 0.2) is 4.96 Å². The number of fused-ring (bicyclic) bond motifs is 1. The monoisotopic (exact) mass is 433 g/mol. The third kappa shape index (κ3) is 3.73. The summed E-state index contributed by atoms with van der Waals surface area (Å²) in [6.07, 6.45) is 3.16. The van der Waals surface area contributed by atoms with Crippen molar-refractivity contribution >= 4 is 69.8 Å². The molecule has 0 amide bonds. The second kappa shape index (κ2) is 7.87. The molecule has 3 aromatic rings. The number of benzene rings is 1. The van der Waals surface area contributed by atoms with Gasteiger partial charge in [0, 0.05) is 23.2 Å². The van der Waals surface area contributed by atoms with E-state index >= 15 is 0 Å². The number of rotatable bonds is 4. The van der Waals surface area contributed by atoms with Gasteiger partial charge in [-0.3, -0.25) is 14.5 Å². The van der Waals surface area contributed by atoms with Crippen LogP contribution in [0.2, 0.25) is 10.0 Å². The zero-order chi connectivity index (χ0) is 18.1. The van der Waals surface area contributed by atoms with Crippen LogP contribution in [0.3, 0.4) is 0 Å². The van der Waals surface area contributed by atoms with Gasteiger partial charge in [0.05, 0.1) is 21.9 Å². The summed E-state index contributed by atoms with van der Waals surface area (Å²) < 4.78 is 1.74. The number of nitrogens with two attached hydrogens (primary N) is 2. The topological polar surface area (TPSA) is 137 Å². The Bertz CT molecular complexity index is 1040. The summed E-state index contributed by atoms with van der Waals surface area (Å²) in [5, 5.41) is 20.5. The average Bonchev–Trinajstić information content (AvgIpc) is 3.09. The summed E-state index contributed by atoms with van der Waals surface area (Å²) >= 11 is 13.5. The number of halogens is 3. The van der Waals surface area contributed by atoms with Crippen molar-refractivity contribution in [3.05, 3.63) is 49.6 Å². The number of nitro groups is 1. The molecule has 0 saturated heterocycles. The first kappa shape index (κ1) is 19.9.